The van der Waals surface area contributed by atoms with Gasteiger partial charge in [-0.3, -0.25) is 0 Å². The maximum atomic E-state index is 6.20. The van der Waals surface area contributed by atoms with Crippen molar-refractivity contribution in [1.29, 1.82) is 0 Å². The topological polar surface area (TPSA) is 41.6 Å². The Bertz CT molecular complexity index is 274. The molecule has 1 aliphatic heterocycles. The molecule has 4 heteroatoms. The number of likely N-dealkylation sites (tertiary alicyclic amines) is 1. The monoisotopic (exact) mass is 269 g/mol. The van der Waals surface area contributed by atoms with Gasteiger partial charge in [-0.25, -0.2) is 4.99 Å². The van der Waals surface area contributed by atoms with Crippen LogP contribution in [-0.2, 0) is 0 Å². The van der Waals surface area contributed by atoms with Crippen LogP contribution in [0.1, 0.15) is 51.4 Å². The first kappa shape index (κ1) is 14.0. The maximum absolute atomic E-state index is 6.20. The molecule has 0 aromatic heterocycles. The zero-order valence-corrected chi connectivity index (χ0v) is 12.4. The molecule has 1 saturated carbocycles. The van der Waals surface area contributed by atoms with Crippen molar-refractivity contribution in [1.82, 2.24) is 4.90 Å². The van der Waals surface area contributed by atoms with Gasteiger partial charge in [-0.1, -0.05) is 19.3 Å². The first-order valence-corrected chi connectivity index (χ1v) is 8.69. The minimum Gasteiger partial charge on any atom is -0.370 e. The maximum Gasteiger partial charge on any atom is 0.191 e. The van der Waals surface area contributed by atoms with Crippen LogP contribution < -0.4 is 5.73 Å². The highest BCUT2D eigenvalue weighted by molar-refractivity contribution is 7.99. The van der Waals surface area contributed by atoms with Crippen molar-refractivity contribution in [2.24, 2.45) is 10.7 Å². The van der Waals surface area contributed by atoms with Gasteiger partial charge in [0.05, 0.1) is 6.04 Å². The Morgan fingerprint density at radius 1 is 1.06 bits per heavy atom. The largest absolute Gasteiger partial charge is 0.370 e. The molecule has 104 valence electrons. The summed E-state index contributed by atoms with van der Waals surface area (Å²) in [7, 11) is 0. The molecule has 1 heterocycles. The average molecular weight is 269 g/mol. The van der Waals surface area contributed by atoms with E-state index in [2.05, 4.69) is 11.2 Å². The molecule has 2 fully saturated rings. The number of thioether (sulfide) groups is 1. The van der Waals surface area contributed by atoms with Gasteiger partial charge in [-0.2, -0.15) is 11.8 Å². The minimum atomic E-state index is 0.498. The van der Waals surface area contributed by atoms with E-state index in [-0.39, 0.29) is 0 Å². The number of nitrogens with zero attached hydrogens (tertiary/aromatic N) is 2. The van der Waals surface area contributed by atoms with Crippen molar-refractivity contribution < 1.29 is 0 Å². The molecule has 1 atom stereocenters. The van der Waals surface area contributed by atoms with E-state index in [1.807, 2.05) is 11.8 Å². The van der Waals surface area contributed by atoms with Gasteiger partial charge in [-0.05, 0) is 38.4 Å². The molecule has 2 rings (SSSR count). The Morgan fingerprint density at radius 2 is 1.83 bits per heavy atom. The Kier molecular flexibility index (Phi) is 5.67. The Morgan fingerprint density at radius 3 is 2.56 bits per heavy atom. The van der Waals surface area contributed by atoms with Gasteiger partial charge in [0.1, 0.15) is 0 Å². The number of guanidine groups is 1. The third-order valence-corrected chi connectivity index (χ3v) is 5.36. The highest BCUT2D eigenvalue weighted by Gasteiger charge is 2.19. The van der Waals surface area contributed by atoms with Gasteiger partial charge in [-0.15, -0.1) is 0 Å². The SMILES string of the molecule is CSC1CCCN(C(N)=NC2CCCCC2)CC1. The van der Waals surface area contributed by atoms with Crippen LogP contribution in [-0.4, -0.2) is 41.5 Å². The van der Waals surface area contributed by atoms with E-state index in [0.29, 0.717) is 6.04 Å². The van der Waals surface area contributed by atoms with Crippen molar-refractivity contribution in [2.45, 2.75) is 62.7 Å². The van der Waals surface area contributed by atoms with E-state index < -0.39 is 0 Å². The van der Waals surface area contributed by atoms with Crippen molar-refractivity contribution in [3.8, 4) is 0 Å². The Labute approximate surface area is 116 Å². The van der Waals surface area contributed by atoms with E-state index >= 15 is 0 Å². The zero-order chi connectivity index (χ0) is 12.8. The van der Waals surface area contributed by atoms with Gasteiger partial charge in [0.2, 0.25) is 0 Å². The molecule has 3 nitrogen and oxygen atoms in total. The number of hydrogen-bond acceptors (Lipinski definition) is 2. The molecule has 0 bridgehead atoms. The number of nitrogens with two attached hydrogens (primary N) is 1. The van der Waals surface area contributed by atoms with E-state index in [0.717, 1.165) is 24.3 Å². The van der Waals surface area contributed by atoms with E-state index in [1.54, 1.807) is 0 Å². The van der Waals surface area contributed by atoms with Crippen LogP contribution in [0.5, 0.6) is 0 Å². The van der Waals surface area contributed by atoms with Crippen LogP contribution in [0.3, 0.4) is 0 Å². The second-order valence-electron chi connectivity index (χ2n) is 5.55. The third kappa shape index (κ3) is 4.08. The molecule has 1 saturated heterocycles. The van der Waals surface area contributed by atoms with Crippen molar-refractivity contribution >= 4 is 17.7 Å². The first-order valence-electron chi connectivity index (χ1n) is 7.40. The molecular weight excluding hydrogens is 242 g/mol. The smallest absolute Gasteiger partial charge is 0.191 e. The standard InChI is InChI=1S/C14H27N3S/c1-18-13-8-5-10-17(11-9-13)14(15)16-12-6-3-2-4-7-12/h12-13H,2-11H2,1H3,(H2,15,16). The van der Waals surface area contributed by atoms with Gasteiger partial charge in [0.15, 0.2) is 5.96 Å². The number of aliphatic imine (C=N–C) groups is 1. The van der Waals surface area contributed by atoms with Gasteiger partial charge >= 0.3 is 0 Å². The molecule has 0 radical (unpaired) electrons. The van der Waals surface area contributed by atoms with Crippen molar-refractivity contribution in [3.05, 3.63) is 0 Å². The quantitative estimate of drug-likeness (QED) is 0.619. The predicted molar refractivity (Wildman–Crippen MR) is 81.2 cm³/mol. The van der Waals surface area contributed by atoms with Crippen LogP contribution in [0.15, 0.2) is 4.99 Å². The van der Waals surface area contributed by atoms with E-state index in [4.69, 9.17) is 10.7 Å². The zero-order valence-electron chi connectivity index (χ0n) is 11.6. The van der Waals surface area contributed by atoms with Crippen LogP contribution in [0.2, 0.25) is 0 Å². The molecule has 0 aromatic rings. The molecule has 18 heavy (non-hydrogen) atoms. The van der Waals surface area contributed by atoms with Gasteiger partial charge in [0, 0.05) is 18.3 Å². The van der Waals surface area contributed by atoms with Crippen LogP contribution in [0.4, 0.5) is 0 Å². The summed E-state index contributed by atoms with van der Waals surface area (Å²) in [6, 6.07) is 0.498. The summed E-state index contributed by atoms with van der Waals surface area (Å²) in [4.78, 5) is 7.08. The van der Waals surface area contributed by atoms with Gasteiger partial charge in [0.25, 0.3) is 0 Å². The minimum absolute atomic E-state index is 0.498. The number of hydrogen-bond donors (Lipinski definition) is 1. The molecule has 0 amide bonds. The summed E-state index contributed by atoms with van der Waals surface area (Å²) in [6.07, 6.45) is 12.6. The molecule has 2 aliphatic rings. The van der Waals surface area contributed by atoms with E-state index in [9.17, 15) is 0 Å². The van der Waals surface area contributed by atoms with Crippen molar-refractivity contribution in [2.75, 3.05) is 19.3 Å². The summed E-state index contributed by atoms with van der Waals surface area (Å²) < 4.78 is 0. The second kappa shape index (κ2) is 7.27. The third-order valence-electron chi connectivity index (χ3n) is 4.22. The summed E-state index contributed by atoms with van der Waals surface area (Å²) in [5.41, 5.74) is 6.20. The summed E-state index contributed by atoms with van der Waals surface area (Å²) >= 11 is 2.00. The molecule has 1 aliphatic carbocycles. The summed E-state index contributed by atoms with van der Waals surface area (Å²) in [6.45, 7) is 2.19. The highest BCUT2D eigenvalue weighted by atomic mass is 32.2. The normalized spacial score (nSPS) is 28.2. The second-order valence-corrected chi connectivity index (χ2v) is 6.69. The van der Waals surface area contributed by atoms with E-state index in [1.165, 1.54) is 51.4 Å². The lowest BCUT2D eigenvalue weighted by atomic mass is 9.96. The predicted octanol–water partition coefficient (Wildman–Crippen LogP) is 2.85. The molecule has 2 N–H and O–H groups in total. The summed E-state index contributed by atoms with van der Waals surface area (Å²) in [5, 5.41) is 0.817. The van der Waals surface area contributed by atoms with Crippen LogP contribution in [0.25, 0.3) is 0 Å². The fraction of sp³-hybridized carbons (Fsp3) is 0.929. The van der Waals surface area contributed by atoms with Crippen molar-refractivity contribution in [3.63, 3.8) is 0 Å². The summed E-state index contributed by atoms with van der Waals surface area (Å²) in [5.74, 6) is 0.809. The Balaban J connectivity index is 1.87. The van der Waals surface area contributed by atoms with Crippen LogP contribution in [0, 0.1) is 0 Å². The Hall–Kier alpha value is -0.380. The van der Waals surface area contributed by atoms with Gasteiger partial charge < -0.3 is 10.6 Å². The average Bonchev–Trinajstić information content (AvgIpc) is 2.65. The fourth-order valence-corrected chi connectivity index (χ4v) is 3.75. The lowest BCUT2D eigenvalue weighted by molar-refractivity contribution is 0.407. The molecule has 0 spiro atoms. The lowest BCUT2D eigenvalue weighted by Gasteiger charge is -2.24. The fourth-order valence-electron chi connectivity index (χ4n) is 3.01. The molecule has 0 aromatic carbocycles. The molecular formula is C14H27N3S. The lowest BCUT2D eigenvalue weighted by Crippen LogP contribution is -2.39. The molecule has 1 unspecified atom stereocenters. The first-order chi connectivity index (χ1) is 8.79. The number of rotatable bonds is 2. The highest BCUT2D eigenvalue weighted by Crippen LogP contribution is 2.22. The van der Waals surface area contributed by atoms with Crippen LogP contribution >= 0.6 is 11.8 Å².